The lowest BCUT2D eigenvalue weighted by atomic mass is 10.0. The number of hydrogen-bond acceptors (Lipinski definition) is 9. The Morgan fingerprint density at radius 2 is 1.32 bits per heavy atom. The molecule has 0 rings (SSSR count). The molecule has 1 unspecified atom stereocenters. The van der Waals surface area contributed by atoms with Gasteiger partial charge in [0, 0.05) is 0 Å². The van der Waals surface area contributed by atoms with E-state index < -0.39 is 61.4 Å². The van der Waals surface area contributed by atoms with Crippen LogP contribution in [0, 0.1) is 0 Å². The molecule has 0 bridgehead atoms. The van der Waals surface area contributed by atoms with Crippen molar-refractivity contribution in [2.24, 2.45) is 5.73 Å². The summed E-state index contributed by atoms with van der Waals surface area (Å²) in [6, 6.07) is -1.29. The highest BCUT2D eigenvalue weighted by Gasteiger charge is 2.33. The van der Waals surface area contributed by atoms with Crippen LogP contribution in [0.3, 0.4) is 0 Å². The molecule has 0 fully saturated rings. The molecule has 0 aliphatic carbocycles. The maximum Gasteiger partial charge on any atom is 0.335 e. The van der Waals surface area contributed by atoms with E-state index in [2.05, 4.69) is 0 Å². The third-order valence-electron chi connectivity index (χ3n) is 2.22. The molecule has 5 atom stereocenters. The minimum absolute atomic E-state index is 0.532. The van der Waals surface area contributed by atoms with Gasteiger partial charge in [0.2, 0.25) is 0 Å². The summed E-state index contributed by atoms with van der Waals surface area (Å²) in [5.74, 6) is -4.22. The number of hydrogen-bond donors (Lipinski definition) is 9. The molecule has 22 heavy (non-hydrogen) atoms. The van der Waals surface area contributed by atoms with Crippen LogP contribution in [-0.2, 0) is 14.4 Å². The zero-order valence-corrected chi connectivity index (χ0v) is 11.2. The molecule has 0 aromatic heterocycles. The maximum atomic E-state index is 10.1. The smallest absolute Gasteiger partial charge is 0.335 e. The largest absolute Gasteiger partial charge is 0.481 e. The number of rotatable bonds is 8. The van der Waals surface area contributed by atoms with Gasteiger partial charge in [-0.2, -0.15) is 0 Å². The van der Waals surface area contributed by atoms with Gasteiger partial charge in [0.05, 0.1) is 13.0 Å². The van der Waals surface area contributed by atoms with Crippen LogP contribution in [0.2, 0.25) is 0 Å². The molecule has 10 N–H and O–H groups in total. The molecule has 0 heterocycles. The SMILES string of the molecule is NC(CC(=O)O)C(=O)O.O=C(O)[C@H](O)[C@@H](O)[C@H](O)[C@H](O)CO. The Hall–Kier alpha value is -1.83. The van der Waals surface area contributed by atoms with E-state index in [1.807, 2.05) is 0 Å². The Labute approximate surface area is 123 Å². The third kappa shape index (κ3) is 9.17. The third-order valence-corrected chi connectivity index (χ3v) is 2.22. The van der Waals surface area contributed by atoms with E-state index in [-0.39, 0.29) is 0 Å². The van der Waals surface area contributed by atoms with E-state index in [1.54, 1.807) is 0 Å². The van der Waals surface area contributed by atoms with Crippen LogP contribution >= 0.6 is 0 Å². The summed E-state index contributed by atoms with van der Waals surface area (Å²) in [6.45, 7) is -0.843. The first-order chi connectivity index (χ1) is 9.95. The molecule has 0 aliphatic heterocycles. The lowest BCUT2D eigenvalue weighted by molar-refractivity contribution is -0.164. The van der Waals surface area contributed by atoms with Gasteiger partial charge in [-0.15, -0.1) is 0 Å². The molecular formula is C10H19NO11. The van der Waals surface area contributed by atoms with Gasteiger partial charge in [-0.3, -0.25) is 9.59 Å². The van der Waals surface area contributed by atoms with E-state index in [4.69, 9.17) is 46.6 Å². The molecule has 0 radical (unpaired) electrons. The van der Waals surface area contributed by atoms with Crippen molar-refractivity contribution >= 4 is 17.9 Å². The zero-order chi connectivity index (χ0) is 18.0. The number of carbonyl (C=O) groups is 3. The van der Waals surface area contributed by atoms with E-state index in [9.17, 15) is 14.4 Å². The second kappa shape index (κ2) is 10.8. The average Bonchev–Trinajstić information content (AvgIpc) is 2.43. The van der Waals surface area contributed by atoms with Crippen molar-refractivity contribution < 1.29 is 55.2 Å². The number of aliphatic hydroxyl groups excluding tert-OH is 5. The molecule has 0 saturated heterocycles. The zero-order valence-electron chi connectivity index (χ0n) is 11.2. The van der Waals surface area contributed by atoms with Gasteiger partial charge < -0.3 is 46.6 Å². The topological polar surface area (TPSA) is 239 Å². The molecule has 130 valence electrons. The fourth-order valence-electron chi connectivity index (χ4n) is 0.944. The first-order valence-electron chi connectivity index (χ1n) is 5.71. The van der Waals surface area contributed by atoms with Crippen LogP contribution in [0.4, 0.5) is 0 Å². The normalized spacial score (nSPS) is 17.2. The molecule has 0 spiro atoms. The number of aliphatic hydroxyl groups is 5. The van der Waals surface area contributed by atoms with Gasteiger partial charge in [0.1, 0.15) is 24.4 Å². The number of aliphatic carboxylic acids is 3. The second-order valence-corrected chi connectivity index (χ2v) is 4.06. The van der Waals surface area contributed by atoms with Crippen LogP contribution in [0.15, 0.2) is 0 Å². The summed E-state index contributed by atoms with van der Waals surface area (Å²) in [4.78, 5) is 29.7. The van der Waals surface area contributed by atoms with Gasteiger partial charge in [0.15, 0.2) is 6.10 Å². The van der Waals surface area contributed by atoms with Crippen LogP contribution in [0.1, 0.15) is 6.42 Å². The van der Waals surface area contributed by atoms with Gasteiger partial charge in [-0.05, 0) is 0 Å². The highest BCUT2D eigenvalue weighted by molar-refractivity contribution is 5.80. The van der Waals surface area contributed by atoms with E-state index in [1.165, 1.54) is 0 Å². The molecule has 0 aromatic rings. The molecule has 12 nitrogen and oxygen atoms in total. The van der Waals surface area contributed by atoms with Gasteiger partial charge in [-0.1, -0.05) is 0 Å². The molecule has 12 heteroatoms. The predicted molar refractivity (Wildman–Crippen MR) is 66.6 cm³/mol. The Balaban J connectivity index is 0. The average molecular weight is 329 g/mol. The lowest BCUT2D eigenvalue weighted by Crippen LogP contribution is -2.48. The summed E-state index contributed by atoms with van der Waals surface area (Å²) >= 11 is 0. The first kappa shape index (κ1) is 22.5. The van der Waals surface area contributed by atoms with Crippen LogP contribution < -0.4 is 5.73 Å². The molecule has 0 amide bonds. The molecular weight excluding hydrogens is 310 g/mol. The number of carboxylic acid groups (broad SMARTS) is 3. The van der Waals surface area contributed by atoms with Gasteiger partial charge in [-0.25, -0.2) is 4.79 Å². The van der Waals surface area contributed by atoms with E-state index in [0.717, 1.165) is 0 Å². The first-order valence-corrected chi connectivity index (χ1v) is 5.71. The summed E-state index contributed by atoms with van der Waals surface area (Å²) in [5, 5.41) is 67.8. The Bertz CT molecular complexity index is 374. The fraction of sp³-hybridized carbons (Fsp3) is 0.700. The van der Waals surface area contributed by atoms with Gasteiger partial charge >= 0.3 is 17.9 Å². The molecule has 0 saturated carbocycles. The maximum absolute atomic E-state index is 10.1. The standard InChI is InChI=1S/C6H12O7.C4H7NO4/c7-1-2(8)3(9)4(10)5(11)6(12)13;5-2(4(8)9)1-3(6)7/h2-5,7-11H,1H2,(H,12,13);2H,1,5H2,(H,6,7)(H,8,9)/t2-,3-,4+,5-;/m1./s1. The Morgan fingerprint density at radius 1 is 0.864 bits per heavy atom. The lowest BCUT2D eigenvalue weighted by Gasteiger charge is -2.23. The van der Waals surface area contributed by atoms with Crippen molar-refractivity contribution in [1.82, 2.24) is 0 Å². The molecule has 0 aliphatic rings. The van der Waals surface area contributed by atoms with Crippen molar-refractivity contribution in [3.8, 4) is 0 Å². The monoisotopic (exact) mass is 329 g/mol. The summed E-state index contributed by atoms with van der Waals surface area (Å²) in [6.07, 6.45) is -8.37. The summed E-state index contributed by atoms with van der Waals surface area (Å²) in [7, 11) is 0. The Morgan fingerprint density at radius 3 is 1.55 bits per heavy atom. The second-order valence-electron chi connectivity index (χ2n) is 4.06. The fourth-order valence-corrected chi connectivity index (χ4v) is 0.944. The van der Waals surface area contributed by atoms with Crippen molar-refractivity contribution in [3.63, 3.8) is 0 Å². The quantitative estimate of drug-likeness (QED) is 0.204. The minimum atomic E-state index is -2.20. The van der Waals surface area contributed by atoms with Crippen LogP contribution in [0.25, 0.3) is 0 Å². The number of carboxylic acids is 3. The van der Waals surface area contributed by atoms with Crippen molar-refractivity contribution in [2.45, 2.75) is 36.9 Å². The minimum Gasteiger partial charge on any atom is -0.481 e. The summed E-state index contributed by atoms with van der Waals surface area (Å²) in [5.41, 5.74) is 4.84. The highest BCUT2D eigenvalue weighted by Crippen LogP contribution is 2.04. The van der Waals surface area contributed by atoms with Crippen molar-refractivity contribution in [2.75, 3.05) is 6.61 Å². The van der Waals surface area contributed by atoms with Gasteiger partial charge in [0.25, 0.3) is 0 Å². The summed E-state index contributed by atoms with van der Waals surface area (Å²) < 4.78 is 0. The highest BCUT2D eigenvalue weighted by atomic mass is 16.4. The van der Waals surface area contributed by atoms with E-state index >= 15 is 0 Å². The van der Waals surface area contributed by atoms with Crippen molar-refractivity contribution in [3.05, 3.63) is 0 Å². The molecule has 0 aromatic carbocycles. The predicted octanol–water partition coefficient (Wildman–Crippen LogP) is -4.62. The van der Waals surface area contributed by atoms with Crippen LogP contribution in [-0.4, -0.2) is 95.8 Å². The Kier molecular flexibility index (Phi) is 11.1. The van der Waals surface area contributed by atoms with Crippen molar-refractivity contribution in [1.29, 1.82) is 0 Å². The van der Waals surface area contributed by atoms with Crippen LogP contribution in [0.5, 0.6) is 0 Å². The van der Waals surface area contributed by atoms with E-state index in [0.29, 0.717) is 0 Å². The number of nitrogens with two attached hydrogens (primary N) is 1.